The molecule has 3 rings (SSSR count). The van der Waals surface area contributed by atoms with E-state index in [1.165, 1.54) is 4.90 Å². The van der Waals surface area contributed by atoms with Gasteiger partial charge in [-0.15, -0.1) is 0 Å². The van der Waals surface area contributed by atoms with Crippen molar-refractivity contribution in [3.63, 3.8) is 0 Å². The van der Waals surface area contributed by atoms with Crippen molar-refractivity contribution in [2.75, 3.05) is 24.7 Å². The van der Waals surface area contributed by atoms with Crippen molar-refractivity contribution in [2.24, 2.45) is 0 Å². The zero-order chi connectivity index (χ0) is 18.2. The minimum atomic E-state index is -3.00. The van der Waals surface area contributed by atoms with Crippen LogP contribution in [0.3, 0.4) is 0 Å². The smallest absolute Gasteiger partial charge is 0.319 e. The van der Waals surface area contributed by atoms with Gasteiger partial charge in [-0.1, -0.05) is 30.3 Å². The molecule has 2 aliphatic rings. The number of nitrogens with one attached hydrogen (secondary N) is 2. The van der Waals surface area contributed by atoms with Gasteiger partial charge in [0, 0.05) is 6.42 Å². The summed E-state index contributed by atoms with van der Waals surface area (Å²) >= 11 is 0. The Labute approximate surface area is 147 Å². The van der Waals surface area contributed by atoms with E-state index in [-0.39, 0.29) is 30.1 Å². The molecule has 0 spiro atoms. The lowest BCUT2D eigenvalue weighted by Crippen LogP contribution is -3.17. The molecule has 2 heterocycles. The minimum absolute atomic E-state index is 0.0702. The number of sulfone groups is 1. The third-order valence-electron chi connectivity index (χ3n) is 5.25. The van der Waals surface area contributed by atoms with Crippen molar-refractivity contribution >= 4 is 21.8 Å². The van der Waals surface area contributed by atoms with E-state index in [1.54, 1.807) is 6.92 Å². The molecule has 0 bridgehead atoms. The Morgan fingerprint density at radius 1 is 1.28 bits per heavy atom. The molecule has 3 atom stereocenters. The summed E-state index contributed by atoms with van der Waals surface area (Å²) in [5, 5.41) is 2.79. The molecule has 0 radical (unpaired) electrons. The minimum Gasteiger partial charge on any atom is -0.319 e. The van der Waals surface area contributed by atoms with E-state index in [1.807, 2.05) is 37.3 Å². The summed E-state index contributed by atoms with van der Waals surface area (Å²) < 4.78 is 23.5. The topological polar surface area (TPSA) is 88.0 Å². The number of urea groups is 1. The predicted octanol–water partition coefficient (Wildman–Crippen LogP) is -0.497. The van der Waals surface area contributed by atoms with Gasteiger partial charge in [0.05, 0.1) is 12.3 Å². The third kappa shape index (κ3) is 3.28. The van der Waals surface area contributed by atoms with Crippen LogP contribution in [0.15, 0.2) is 30.3 Å². The van der Waals surface area contributed by atoms with Gasteiger partial charge in [-0.3, -0.25) is 4.79 Å². The summed E-state index contributed by atoms with van der Waals surface area (Å²) in [6.45, 7) is 4.48. The van der Waals surface area contributed by atoms with E-state index in [2.05, 4.69) is 5.32 Å². The highest BCUT2D eigenvalue weighted by Gasteiger charge is 2.50. The molecule has 3 amide bonds. The number of hydrogen-bond acceptors (Lipinski definition) is 4. The molecule has 0 aromatic heterocycles. The highest BCUT2D eigenvalue weighted by Crippen LogP contribution is 2.28. The van der Waals surface area contributed by atoms with Crippen LogP contribution in [0.5, 0.6) is 0 Å². The Kier molecular flexibility index (Phi) is 4.59. The fourth-order valence-electron chi connectivity index (χ4n) is 3.66. The second-order valence-electron chi connectivity index (χ2n) is 6.92. The Balaban J connectivity index is 1.79. The number of imide groups is 1. The highest BCUT2D eigenvalue weighted by molar-refractivity contribution is 7.91. The van der Waals surface area contributed by atoms with Crippen LogP contribution in [0.25, 0.3) is 0 Å². The molecular formula is C17H24N3O4S+. The second kappa shape index (κ2) is 6.42. The molecule has 1 unspecified atom stereocenters. The molecule has 1 aromatic rings. The molecule has 2 N–H and O–H groups in total. The van der Waals surface area contributed by atoms with Crippen molar-refractivity contribution in [2.45, 2.75) is 31.8 Å². The lowest BCUT2D eigenvalue weighted by Gasteiger charge is -2.27. The average Bonchev–Trinajstić information content (AvgIpc) is 3.05. The summed E-state index contributed by atoms with van der Waals surface area (Å²) in [6.07, 6.45) is 0.575. The zero-order valence-electron chi connectivity index (χ0n) is 14.5. The van der Waals surface area contributed by atoms with Gasteiger partial charge in [-0.05, 0) is 19.4 Å². The standard InChI is InChI=1S/C17H23N3O4S/c1-3-19(14-9-10-25(23,24)11-14)12-20-15(21)17(2,18-16(20)22)13-7-5-4-6-8-13/h4-8,14H,3,9-12H2,1-2H3,(H,18,22)/p+1/t14-,17+/m1/s1. The number of benzene rings is 1. The maximum absolute atomic E-state index is 12.9. The van der Waals surface area contributed by atoms with Crippen molar-refractivity contribution in [1.29, 1.82) is 0 Å². The van der Waals surface area contributed by atoms with Crippen LogP contribution in [-0.4, -0.2) is 56.0 Å². The number of carbonyl (C=O) groups excluding carboxylic acids is 2. The van der Waals surface area contributed by atoms with Gasteiger partial charge in [-0.2, -0.15) is 0 Å². The van der Waals surface area contributed by atoms with Crippen molar-refractivity contribution in [3.8, 4) is 0 Å². The maximum atomic E-state index is 12.9. The summed E-state index contributed by atoms with van der Waals surface area (Å²) in [7, 11) is -3.00. The van der Waals surface area contributed by atoms with E-state index >= 15 is 0 Å². The molecule has 0 aliphatic carbocycles. The van der Waals surface area contributed by atoms with Crippen molar-refractivity contribution in [1.82, 2.24) is 10.2 Å². The van der Waals surface area contributed by atoms with Crippen LogP contribution < -0.4 is 10.2 Å². The summed E-state index contributed by atoms with van der Waals surface area (Å²) in [4.78, 5) is 27.5. The first-order valence-electron chi connectivity index (χ1n) is 8.51. The fraction of sp³-hybridized carbons (Fsp3) is 0.529. The first-order chi connectivity index (χ1) is 11.8. The van der Waals surface area contributed by atoms with Gasteiger partial charge in [0.25, 0.3) is 5.91 Å². The highest BCUT2D eigenvalue weighted by atomic mass is 32.2. The Morgan fingerprint density at radius 2 is 1.96 bits per heavy atom. The number of quaternary nitrogens is 1. The maximum Gasteiger partial charge on any atom is 0.329 e. The molecule has 25 heavy (non-hydrogen) atoms. The van der Waals surface area contributed by atoms with E-state index in [0.717, 1.165) is 10.5 Å². The van der Waals surface area contributed by atoms with E-state index in [4.69, 9.17) is 0 Å². The molecule has 1 aromatic carbocycles. The Morgan fingerprint density at radius 3 is 2.52 bits per heavy atom. The quantitative estimate of drug-likeness (QED) is 0.688. The van der Waals surface area contributed by atoms with Gasteiger partial charge >= 0.3 is 6.03 Å². The molecule has 2 fully saturated rings. The molecule has 2 aliphatic heterocycles. The van der Waals surface area contributed by atoms with E-state index < -0.39 is 21.4 Å². The Bertz CT molecular complexity index is 780. The van der Waals surface area contributed by atoms with Gasteiger partial charge < -0.3 is 10.2 Å². The molecular weight excluding hydrogens is 342 g/mol. The van der Waals surface area contributed by atoms with Crippen LogP contribution >= 0.6 is 0 Å². The zero-order valence-corrected chi connectivity index (χ0v) is 15.3. The Hall–Kier alpha value is -1.93. The van der Waals surface area contributed by atoms with Gasteiger partial charge in [0.15, 0.2) is 16.5 Å². The number of carbonyl (C=O) groups is 2. The van der Waals surface area contributed by atoms with Crippen LogP contribution in [0.4, 0.5) is 4.79 Å². The summed E-state index contributed by atoms with van der Waals surface area (Å²) in [6, 6.07) is 8.65. The van der Waals surface area contributed by atoms with Gasteiger partial charge in [0.1, 0.15) is 17.3 Å². The first kappa shape index (κ1) is 17.9. The predicted molar refractivity (Wildman–Crippen MR) is 92.6 cm³/mol. The SMILES string of the molecule is CC[NH+](CN1C(=O)N[C@@](C)(c2ccccc2)C1=O)[C@@H]1CCS(=O)(=O)C1. The van der Waals surface area contributed by atoms with Crippen molar-refractivity contribution < 1.29 is 22.9 Å². The lowest BCUT2D eigenvalue weighted by atomic mass is 9.92. The summed E-state index contributed by atoms with van der Waals surface area (Å²) in [5.74, 6) is 0.00855. The molecule has 7 nitrogen and oxygen atoms in total. The summed E-state index contributed by atoms with van der Waals surface area (Å²) in [5.41, 5.74) is -0.351. The average molecular weight is 366 g/mol. The normalized spacial score (nSPS) is 29.7. The fourth-order valence-corrected chi connectivity index (χ4v) is 5.48. The first-order valence-corrected chi connectivity index (χ1v) is 10.3. The number of nitrogens with zero attached hydrogens (tertiary/aromatic N) is 1. The molecule has 136 valence electrons. The largest absolute Gasteiger partial charge is 0.329 e. The molecule has 0 saturated carbocycles. The lowest BCUT2D eigenvalue weighted by molar-refractivity contribution is -0.927. The molecule has 2 saturated heterocycles. The number of rotatable bonds is 5. The van der Waals surface area contributed by atoms with Gasteiger partial charge in [-0.25, -0.2) is 18.1 Å². The van der Waals surface area contributed by atoms with Crippen LogP contribution in [0.1, 0.15) is 25.8 Å². The van der Waals surface area contributed by atoms with Crippen LogP contribution in [-0.2, 0) is 20.2 Å². The molecule has 8 heteroatoms. The van der Waals surface area contributed by atoms with E-state index in [0.29, 0.717) is 13.0 Å². The van der Waals surface area contributed by atoms with E-state index in [9.17, 15) is 18.0 Å². The number of amides is 3. The number of hydrogen-bond donors (Lipinski definition) is 2. The van der Waals surface area contributed by atoms with Crippen molar-refractivity contribution in [3.05, 3.63) is 35.9 Å². The second-order valence-corrected chi connectivity index (χ2v) is 9.15. The van der Waals surface area contributed by atoms with Crippen LogP contribution in [0, 0.1) is 0 Å². The monoisotopic (exact) mass is 366 g/mol. The van der Waals surface area contributed by atoms with Crippen LogP contribution in [0.2, 0.25) is 0 Å². The van der Waals surface area contributed by atoms with Gasteiger partial charge in [0.2, 0.25) is 0 Å². The third-order valence-corrected chi connectivity index (χ3v) is 7.02.